The SMILES string of the molecule is COC(=O)c1cc(C(F)(F)F)c2c(n1)CCCC2=O. The van der Waals surface area contributed by atoms with Crippen LogP contribution in [0.2, 0.25) is 0 Å². The molecule has 19 heavy (non-hydrogen) atoms. The Morgan fingerprint density at radius 3 is 2.63 bits per heavy atom. The number of Topliss-reactive ketones (excluding diaryl/α,β-unsaturated/α-hetero) is 1. The number of nitrogens with zero attached hydrogens (tertiary/aromatic N) is 1. The van der Waals surface area contributed by atoms with Gasteiger partial charge in [0.1, 0.15) is 5.69 Å². The number of hydrogen-bond acceptors (Lipinski definition) is 4. The Labute approximate surface area is 106 Å². The Morgan fingerprint density at radius 2 is 2.05 bits per heavy atom. The second kappa shape index (κ2) is 4.64. The van der Waals surface area contributed by atoms with E-state index in [1.165, 1.54) is 0 Å². The van der Waals surface area contributed by atoms with Gasteiger partial charge in [-0.05, 0) is 18.9 Å². The van der Waals surface area contributed by atoms with Crippen molar-refractivity contribution >= 4 is 11.8 Å². The molecule has 0 atom stereocenters. The third-order valence-corrected chi connectivity index (χ3v) is 2.89. The second-order valence-corrected chi connectivity index (χ2v) is 4.14. The monoisotopic (exact) mass is 273 g/mol. The molecule has 0 aliphatic heterocycles. The predicted octanol–water partition coefficient (Wildman–Crippen LogP) is 2.41. The van der Waals surface area contributed by atoms with Crippen LogP contribution in [0.25, 0.3) is 0 Å². The highest BCUT2D eigenvalue weighted by Gasteiger charge is 2.39. The number of ketones is 1. The van der Waals surface area contributed by atoms with E-state index in [-0.39, 0.29) is 18.5 Å². The van der Waals surface area contributed by atoms with Crippen LogP contribution in [0.3, 0.4) is 0 Å². The third kappa shape index (κ3) is 2.45. The van der Waals surface area contributed by atoms with Gasteiger partial charge in [0.05, 0.1) is 23.9 Å². The number of halogens is 3. The van der Waals surface area contributed by atoms with E-state index >= 15 is 0 Å². The molecule has 1 aromatic rings. The summed E-state index contributed by atoms with van der Waals surface area (Å²) >= 11 is 0. The summed E-state index contributed by atoms with van der Waals surface area (Å²) in [6.07, 6.45) is -3.96. The first-order chi connectivity index (χ1) is 8.84. The lowest BCUT2D eigenvalue weighted by molar-refractivity contribution is -0.138. The Balaban J connectivity index is 2.68. The van der Waals surface area contributed by atoms with Crippen LogP contribution in [0, 0.1) is 0 Å². The highest BCUT2D eigenvalue weighted by atomic mass is 19.4. The second-order valence-electron chi connectivity index (χ2n) is 4.14. The van der Waals surface area contributed by atoms with Crippen LogP contribution < -0.4 is 0 Å². The molecule has 0 N–H and O–H groups in total. The minimum Gasteiger partial charge on any atom is -0.464 e. The maximum atomic E-state index is 13.0. The topological polar surface area (TPSA) is 56.3 Å². The van der Waals surface area contributed by atoms with Gasteiger partial charge in [-0.3, -0.25) is 4.79 Å². The smallest absolute Gasteiger partial charge is 0.417 e. The molecule has 7 heteroatoms. The molecule has 1 aromatic heterocycles. The molecule has 0 bridgehead atoms. The van der Waals surface area contributed by atoms with Crippen molar-refractivity contribution in [1.82, 2.24) is 4.98 Å². The van der Waals surface area contributed by atoms with Crippen LogP contribution in [0.5, 0.6) is 0 Å². The average Bonchev–Trinajstić information content (AvgIpc) is 2.35. The summed E-state index contributed by atoms with van der Waals surface area (Å²) in [5.41, 5.74) is -1.93. The number of carbonyl (C=O) groups excluding carboxylic acids is 2. The fraction of sp³-hybridized carbons (Fsp3) is 0.417. The highest BCUT2D eigenvalue weighted by molar-refractivity contribution is 6.00. The van der Waals surface area contributed by atoms with E-state index in [4.69, 9.17) is 0 Å². The molecule has 0 unspecified atom stereocenters. The van der Waals surface area contributed by atoms with E-state index in [0.29, 0.717) is 12.5 Å². The Kier molecular flexibility index (Phi) is 3.30. The predicted molar refractivity (Wildman–Crippen MR) is 57.8 cm³/mol. The van der Waals surface area contributed by atoms with Crippen molar-refractivity contribution in [2.75, 3.05) is 7.11 Å². The summed E-state index contributed by atoms with van der Waals surface area (Å²) in [4.78, 5) is 26.8. The molecule has 0 radical (unpaired) electrons. The molecule has 1 aliphatic rings. The molecule has 2 rings (SSSR count). The number of pyridine rings is 1. The van der Waals surface area contributed by atoms with E-state index in [0.717, 1.165) is 7.11 Å². The van der Waals surface area contributed by atoms with E-state index in [9.17, 15) is 22.8 Å². The van der Waals surface area contributed by atoms with E-state index in [1.54, 1.807) is 0 Å². The maximum absolute atomic E-state index is 13.0. The molecule has 0 saturated heterocycles. The standard InChI is InChI=1S/C12H10F3NO3/c1-19-11(18)8-5-6(12(13,14)15)10-7(16-8)3-2-4-9(10)17/h5H,2-4H2,1H3. The van der Waals surface area contributed by atoms with Crippen LogP contribution in [0.1, 0.15) is 44.9 Å². The maximum Gasteiger partial charge on any atom is 0.417 e. The zero-order chi connectivity index (χ0) is 14.2. The van der Waals surface area contributed by atoms with Crippen molar-refractivity contribution in [2.24, 2.45) is 0 Å². The molecule has 1 heterocycles. The van der Waals surface area contributed by atoms with Crippen molar-refractivity contribution in [3.8, 4) is 0 Å². The number of alkyl halides is 3. The third-order valence-electron chi connectivity index (χ3n) is 2.89. The summed E-state index contributed by atoms with van der Waals surface area (Å²) in [6, 6.07) is 0.577. The van der Waals surface area contributed by atoms with Crippen molar-refractivity contribution < 1.29 is 27.5 Å². The van der Waals surface area contributed by atoms with Gasteiger partial charge in [0.15, 0.2) is 5.78 Å². The van der Waals surface area contributed by atoms with Gasteiger partial charge >= 0.3 is 12.1 Å². The molecule has 0 spiro atoms. The highest BCUT2D eigenvalue weighted by Crippen LogP contribution is 2.36. The Hall–Kier alpha value is -1.92. The minimum atomic E-state index is -4.71. The first kappa shape index (κ1) is 13.5. The molecular formula is C12H10F3NO3. The van der Waals surface area contributed by atoms with E-state index in [2.05, 4.69) is 9.72 Å². The largest absolute Gasteiger partial charge is 0.464 e. The summed E-state index contributed by atoms with van der Waals surface area (Å²) in [5.74, 6) is -1.54. The molecule has 0 amide bonds. The van der Waals surface area contributed by atoms with Crippen LogP contribution in [0.15, 0.2) is 6.07 Å². The summed E-state index contributed by atoms with van der Waals surface area (Å²) < 4.78 is 43.3. The molecule has 0 fully saturated rings. The fourth-order valence-corrected chi connectivity index (χ4v) is 2.06. The van der Waals surface area contributed by atoms with Crippen molar-refractivity contribution in [3.05, 3.63) is 28.6 Å². The lowest BCUT2D eigenvalue weighted by Crippen LogP contribution is -2.22. The first-order valence-corrected chi connectivity index (χ1v) is 5.57. The van der Waals surface area contributed by atoms with Gasteiger partial charge in [-0.25, -0.2) is 9.78 Å². The lowest BCUT2D eigenvalue weighted by Gasteiger charge is -2.19. The first-order valence-electron chi connectivity index (χ1n) is 5.57. The number of fused-ring (bicyclic) bond motifs is 1. The summed E-state index contributed by atoms with van der Waals surface area (Å²) in [7, 11) is 1.06. The molecular weight excluding hydrogens is 263 g/mol. The van der Waals surface area contributed by atoms with E-state index < -0.39 is 34.7 Å². The summed E-state index contributed by atoms with van der Waals surface area (Å²) in [6.45, 7) is 0. The average molecular weight is 273 g/mol. The van der Waals surface area contributed by atoms with Gasteiger partial charge in [0, 0.05) is 6.42 Å². The Morgan fingerprint density at radius 1 is 1.37 bits per heavy atom. The number of aromatic nitrogens is 1. The minimum absolute atomic E-state index is 0.0199. The van der Waals surface area contributed by atoms with Gasteiger partial charge in [-0.1, -0.05) is 0 Å². The number of aryl methyl sites for hydroxylation is 1. The van der Waals surface area contributed by atoms with Gasteiger partial charge in [0.25, 0.3) is 0 Å². The number of methoxy groups -OCH3 is 1. The van der Waals surface area contributed by atoms with Crippen molar-refractivity contribution in [3.63, 3.8) is 0 Å². The zero-order valence-corrected chi connectivity index (χ0v) is 10.0. The van der Waals surface area contributed by atoms with Gasteiger partial charge in [-0.2, -0.15) is 13.2 Å². The number of carbonyl (C=O) groups is 2. The van der Waals surface area contributed by atoms with E-state index in [1.807, 2.05) is 0 Å². The molecule has 1 aliphatic carbocycles. The van der Waals surface area contributed by atoms with Crippen molar-refractivity contribution in [2.45, 2.75) is 25.4 Å². The number of ether oxygens (including phenoxy) is 1. The van der Waals surface area contributed by atoms with Crippen LogP contribution in [0.4, 0.5) is 13.2 Å². The molecule has 0 saturated carbocycles. The van der Waals surface area contributed by atoms with Crippen LogP contribution in [-0.2, 0) is 17.3 Å². The normalized spacial score (nSPS) is 15.1. The van der Waals surface area contributed by atoms with Gasteiger partial charge in [0.2, 0.25) is 0 Å². The van der Waals surface area contributed by atoms with Crippen molar-refractivity contribution in [1.29, 1.82) is 0 Å². The Bertz CT molecular complexity index is 552. The lowest BCUT2D eigenvalue weighted by atomic mass is 9.90. The van der Waals surface area contributed by atoms with Crippen LogP contribution >= 0.6 is 0 Å². The quantitative estimate of drug-likeness (QED) is 0.737. The fourth-order valence-electron chi connectivity index (χ4n) is 2.06. The van der Waals surface area contributed by atoms with Gasteiger partial charge in [-0.15, -0.1) is 0 Å². The molecule has 102 valence electrons. The summed E-state index contributed by atoms with van der Waals surface area (Å²) in [5, 5.41) is 0. The molecule has 4 nitrogen and oxygen atoms in total. The van der Waals surface area contributed by atoms with Crippen LogP contribution in [-0.4, -0.2) is 23.8 Å². The number of rotatable bonds is 1. The number of hydrogen-bond donors (Lipinski definition) is 0. The van der Waals surface area contributed by atoms with Gasteiger partial charge < -0.3 is 4.74 Å². The zero-order valence-electron chi connectivity index (χ0n) is 10.0. The molecule has 0 aromatic carbocycles. The number of esters is 1.